The summed E-state index contributed by atoms with van der Waals surface area (Å²) in [7, 11) is 0. The summed E-state index contributed by atoms with van der Waals surface area (Å²) < 4.78 is 34.0. The van der Waals surface area contributed by atoms with Gasteiger partial charge in [0.25, 0.3) is 0 Å². The molecule has 0 bridgehead atoms. The van der Waals surface area contributed by atoms with Crippen LogP contribution in [0.1, 0.15) is 0 Å². The lowest BCUT2D eigenvalue weighted by atomic mass is 10.4. The summed E-state index contributed by atoms with van der Waals surface area (Å²) in [6.45, 7) is 0. The summed E-state index contributed by atoms with van der Waals surface area (Å²) in [5.74, 6) is -0.781. The van der Waals surface area contributed by atoms with Crippen LogP contribution in [0.15, 0.2) is 24.3 Å². The number of carbonyl (C=O) groups excluding carboxylic acids is 1. The molecule has 0 unspecified atom stereocenters. The molecule has 0 rings (SSSR count). The van der Waals surface area contributed by atoms with Gasteiger partial charge in [-0.2, -0.15) is 13.2 Å². The summed E-state index contributed by atoms with van der Waals surface area (Å²) in [5.41, 5.74) is 4.60. The van der Waals surface area contributed by atoms with Crippen molar-refractivity contribution in [1.82, 2.24) is 0 Å². The van der Waals surface area contributed by atoms with Crippen LogP contribution < -0.4 is 5.73 Å². The summed E-state index contributed by atoms with van der Waals surface area (Å²) in [5, 5.41) is 0. The molecule has 0 aliphatic carbocycles. The largest absolute Gasteiger partial charge is 0.409 e. The summed E-state index contributed by atoms with van der Waals surface area (Å²) in [6, 6.07) is 0. The van der Waals surface area contributed by atoms with E-state index >= 15 is 0 Å². The average Bonchev–Trinajstić information content (AvgIpc) is 1.78. The Morgan fingerprint density at radius 2 is 1.82 bits per heavy atom. The molecule has 2 nitrogen and oxygen atoms in total. The fourth-order valence-corrected chi connectivity index (χ4v) is 0.315. The van der Waals surface area contributed by atoms with Crippen molar-refractivity contribution in [2.24, 2.45) is 5.73 Å². The molecule has 0 aromatic rings. The molecule has 2 N–H and O–H groups in total. The van der Waals surface area contributed by atoms with Crippen LogP contribution in [0.4, 0.5) is 13.2 Å². The van der Waals surface area contributed by atoms with Gasteiger partial charge in [-0.05, 0) is 0 Å². The minimum absolute atomic E-state index is 0.00639. The number of rotatable bonds is 2. The molecule has 11 heavy (non-hydrogen) atoms. The lowest BCUT2D eigenvalue weighted by Crippen LogP contribution is -2.05. The van der Waals surface area contributed by atoms with Gasteiger partial charge >= 0.3 is 6.18 Å². The van der Waals surface area contributed by atoms with Gasteiger partial charge in [0.15, 0.2) is 0 Å². The van der Waals surface area contributed by atoms with Gasteiger partial charge in [0.05, 0.1) is 0 Å². The van der Waals surface area contributed by atoms with Gasteiger partial charge in [0, 0.05) is 12.2 Å². The van der Waals surface area contributed by atoms with Crippen LogP contribution in [0.25, 0.3) is 0 Å². The number of halogens is 3. The number of nitrogens with two attached hydrogens (primary N) is 1. The van der Waals surface area contributed by atoms with E-state index in [4.69, 9.17) is 0 Å². The summed E-state index contributed by atoms with van der Waals surface area (Å²) >= 11 is 0. The second-order valence-corrected chi connectivity index (χ2v) is 1.66. The molecular formula is C6H6F3NO. The normalized spacial score (nSPS) is 13.0. The van der Waals surface area contributed by atoms with Gasteiger partial charge in [-0.3, -0.25) is 4.79 Å². The maximum Gasteiger partial charge on any atom is 0.409 e. The SMILES string of the molecule is NC(=O)C=CC=CC(F)(F)F. The minimum Gasteiger partial charge on any atom is -0.366 e. The maximum absolute atomic E-state index is 11.3. The van der Waals surface area contributed by atoms with E-state index in [1.165, 1.54) is 0 Å². The molecule has 0 aromatic heterocycles. The molecule has 0 saturated heterocycles. The zero-order valence-corrected chi connectivity index (χ0v) is 5.43. The average molecular weight is 165 g/mol. The Morgan fingerprint density at radius 1 is 1.27 bits per heavy atom. The molecule has 0 heterocycles. The third-order valence-corrected chi connectivity index (χ3v) is 0.657. The van der Waals surface area contributed by atoms with Gasteiger partial charge < -0.3 is 5.73 Å². The zero-order valence-electron chi connectivity index (χ0n) is 5.43. The first-order valence-electron chi connectivity index (χ1n) is 2.64. The molecule has 62 valence electrons. The molecule has 0 aromatic carbocycles. The molecule has 0 saturated carbocycles. The lowest BCUT2D eigenvalue weighted by molar-refractivity contribution is -0.113. The molecular weight excluding hydrogens is 159 g/mol. The van der Waals surface area contributed by atoms with Crippen LogP contribution in [0, 0.1) is 0 Å². The fourth-order valence-electron chi connectivity index (χ4n) is 0.315. The van der Waals surface area contributed by atoms with E-state index in [1.54, 1.807) is 0 Å². The number of hydrogen-bond acceptors (Lipinski definition) is 1. The van der Waals surface area contributed by atoms with Crippen molar-refractivity contribution < 1.29 is 18.0 Å². The highest BCUT2D eigenvalue weighted by atomic mass is 19.4. The van der Waals surface area contributed by atoms with Gasteiger partial charge in [0.2, 0.25) is 5.91 Å². The van der Waals surface area contributed by atoms with E-state index in [2.05, 4.69) is 5.73 Å². The number of allylic oxidation sites excluding steroid dienone is 3. The number of hydrogen-bond donors (Lipinski definition) is 1. The van der Waals surface area contributed by atoms with Crippen molar-refractivity contribution in [3.8, 4) is 0 Å². The molecule has 0 atom stereocenters. The Balaban J connectivity index is 3.88. The van der Waals surface area contributed by atoms with Crippen LogP contribution in [0.3, 0.4) is 0 Å². The Morgan fingerprint density at radius 3 is 2.18 bits per heavy atom. The van der Waals surface area contributed by atoms with Crippen molar-refractivity contribution in [2.75, 3.05) is 0 Å². The Hall–Kier alpha value is -1.26. The van der Waals surface area contributed by atoms with Crippen molar-refractivity contribution in [2.45, 2.75) is 6.18 Å². The smallest absolute Gasteiger partial charge is 0.366 e. The van der Waals surface area contributed by atoms with Crippen LogP contribution in [-0.2, 0) is 4.79 Å². The number of carbonyl (C=O) groups is 1. The minimum atomic E-state index is -4.35. The monoisotopic (exact) mass is 165 g/mol. The Bertz CT molecular complexity index is 192. The van der Waals surface area contributed by atoms with Gasteiger partial charge in [-0.25, -0.2) is 0 Å². The highest BCUT2D eigenvalue weighted by molar-refractivity contribution is 5.85. The first kappa shape index (κ1) is 9.74. The van der Waals surface area contributed by atoms with Crippen molar-refractivity contribution in [3.63, 3.8) is 0 Å². The number of amides is 1. The van der Waals surface area contributed by atoms with Gasteiger partial charge in [-0.1, -0.05) is 12.2 Å². The van der Waals surface area contributed by atoms with E-state index in [1.807, 2.05) is 0 Å². The molecule has 0 spiro atoms. The van der Waals surface area contributed by atoms with Crippen LogP contribution in [0.2, 0.25) is 0 Å². The van der Waals surface area contributed by atoms with E-state index in [0.29, 0.717) is 6.08 Å². The standard InChI is InChI=1S/C6H6F3NO/c7-6(8,9)4-2-1-3-5(10)11/h1-4H,(H2,10,11). The quantitative estimate of drug-likeness (QED) is 0.484. The molecule has 0 fully saturated rings. The van der Waals surface area contributed by atoms with E-state index in [0.717, 1.165) is 12.2 Å². The highest BCUT2D eigenvalue weighted by Gasteiger charge is 2.21. The zero-order chi connectivity index (χ0) is 8.91. The maximum atomic E-state index is 11.3. The van der Waals surface area contributed by atoms with E-state index in [-0.39, 0.29) is 6.08 Å². The third-order valence-electron chi connectivity index (χ3n) is 0.657. The Kier molecular flexibility index (Phi) is 3.36. The fraction of sp³-hybridized carbons (Fsp3) is 0.167. The topological polar surface area (TPSA) is 43.1 Å². The van der Waals surface area contributed by atoms with Crippen molar-refractivity contribution in [1.29, 1.82) is 0 Å². The van der Waals surface area contributed by atoms with Crippen LogP contribution in [-0.4, -0.2) is 12.1 Å². The van der Waals surface area contributed by atoms with E-state index in [9.17, 15) is 18.0 Å². The Labute approximate surface area is 61.2 Å². The predicted octanol–water partition coefficient (Wildman–Crippen LogP) is 1.15. The molecule has 5 heteroatoms. The first-order valence-corrected chi connectivity index (χ1v) is 2.64. The summed E-state index contributed by atoms with van der Waals surface area (Å²) in [4.78, 5) is 9.94. The number of alkyl halides is 3. The predicted molar refractivity (Wildman–Crippen MR) is 33.5 cm³/mol. The molecule has 0 radical (unpaired) electrons. The second kappa shape index (κ2) is 3.80. The van der Waals surface area contributed by atoms with E-state index < -0.39 is 12.1 Å². The van der Waals surface area contributed by atoms with Gasteiger partial charge in [-0.15, -0.1) is 0 Å². The molecule has 1 amide bonds. The highest BCUT2D eigenvalue weighted by Crippen LogP contribution is 2.15. The first-order chi connectivity index (χ1) is 4.92. The van der Waals surface area contributed by atoms with Gasteiger partial charge in [0.1, 0.15) is 0 Å². The van der Waals surface area contributed by atoms with Crippen LogP contribution >= 0.6 is 0 Å². The van der Waals surface area contributed by atoms with Crippen molar-refractivity contribution >= 4 is 5.91 Å². The second-order valence-electron chi connectivity index (χ2n) is 1.66. The van der Waals surface area contributed by atoms with Crippen molar-refractivity contribution in [3.05, 3.63) is 24.3 Å². The van der Waals surface area contributed by atoms with Crippen LogP contribution in [0.5, 0.6) is 0 Å². The summed E-state index contributed by atoms with van der Waals surface area (Å²) in [6.07, 6.45) is -1.88. The molecule has 0 aliphatic heterocycles. The number of primary amides is 1. The third kappa shape index (κ3) is 8.74. The molecule has 0 aliphatic rings. The lowest BCUT2D eigenvalue weighted by Gasteiger charge is -1.94.